The van der Waals surface area contributed by atoms with Crippen LogP contribution in [0.15, 0.2) is 24.3 Å². The van der Waals surface area contributed by atoms with Gasteiger partial charge in [-0.05, 0) is 18.6 Å². The van der Waals surface area contributed by atoms with Crippen molar-refractivity contribution in [2.45, 2.75) is 26.3 Å². The van der Waals surface area contributed by atoms with E-state index in [1.807, 2.05) is 24.3 Å². The van der Waals surface area contributed by atoms with E-state index in [9.17, 15) is 0 Å². The van der Waals surface area contributed by atoms with Crippen molar-refractivity contribution < 1.29 is 0 Å². The van der Waals surface area contributed by atoms with Crippen LogP contribution < -0.4 is 5.73 Å². The number of halogens is 1. The molecule has 0 spiro atoms. The zero-order chi connectivity index (χ0) is 12.3. The summed E-state index contributed by atoms with van der Waals surface area (Å²) in [6, 6.07) is 7.77. The van der Waals surface area contributed by atoms with Gasteiger partial charge in [0.1, 0.15) is 5.01 Å². The smallest absolute Gasteiger partial charge is 0.123 e. The average molecular weight is 267 g/mol. The third-order valence-electron chi connectivity index (χ3n) is 2.54. The number of benzene rings is 1. The molecule has 2 aromatic rings. The van der Waals surface area contributed by atoms with Gasteiger partial charge >= 0.3 is 0 Å². The van der Waals surface area contributed by atoms with E-state index >= 15 is 0 Å². The first-order valence-corrected chi connectivity index (χ1v) is 6.88. The SMILES string of the molecule is CCCc1nc(-c2ccc(Cl)cc2)sc1CN. The van der Waals surface area contributed by atoms with Crippen LogP contribution in [0, 0.1) is 0 Å². The molecular formula is C13H15ClN2S. The second-order valence-corrected chi connectivity index (χ2v) is 5.37. The van der Waals surface area contributed by atoms with E-state index in [0.29, 0.717) is 6.54 Å². The molecule has 2 rings (SSSR count). The van der Waals surface area contributed by atoms with Crippen molar-refractivity contribution in [2.75, 3.05) is 0 Å². The summed E-state index contributed by atoms with van der Waals surface area (Å²) >= 11 is 7.55. The first-order valence-electron chi connectivity index (χ1n) is 5.69. The maximum Gasteiger partial charge on any atom is 0.123 e. The van der Waals surface area contributed by atoms with Crippen molar-refractivity contribution in [1.29, 1.82) is 0 Å². The summed E-state index contributed by atoms with van der Waals surface area (Å²) < 4.78 is 0. The first kappa shape index (κ1) is 12.6. The summed E-state index contributed by atoms with van der Waals surface area (Å²) in [5, 5.41) is 1.78. The minimum absolute atomic E-state index is 0.570. The number of thiazole rings is 1. The molecule has 0 aliphatic carbocycles. The van der Waals surface area contributed by atoms with Crippen molar-refractivity contribution >= 4 is 22.9 Å². The van der Waals surface area contributed by atoms with E-state index in [0.717, 1.165) is 34.1 Å². The predicted molar refractivity (Wildman–Crippen MR) is 74.4 cm³/mol. The zero-order valence-electron chi connectivity index (χ0n) is 9.74. The van der Waals surface area contributed by atoms with E-state index in [1.54, 1.807) is 11.3 Å². The van der Waals surface area contributed by atoms with Gasteiger partial charge in [0.2, 0.25) is 0 Å². The van der Waals surface area contributed by atoms with Gasteiger partial charge in [0, 0.05) is 22.0 Å². The third kappa shape index (κ3) is 2.86. The molecule has 1 aromatic carbocycles. The average Bonchev–Trinajstić information content (AvgIpc) is 2.74. The molecule has 0 unspecified atom stereocenters. The maximum absolute atomic E-state index is 5.88. The lowest BCUT2D eigenvalue weighted by Gasteiger charge is -1.95. The van der Waals surface area contributed by atoms with Crippen LogP contribution in [-0.4, -0.2) is 4.98 Å². The summed E-state index contributed by atoms with van der Waals surface area (Å²) in [7, 11) is 0. The molecule has 0 saturated heterocycles. The molecular weight excluding hydrogens is 252 g/mol. The van der Waals surface area contributed by atoms with Crippen LogP contribution in [-0.2, 0) is 13.0 Å². The number of aryl methyl sites for hydroxylation is 1. The van der Waals surface area contributed by atoms with Gasteiger partial charge in [-0.2, -0.15) is 0 Å². The lowest BCUT2D eigenvalue weighted by molar-refractivity contribution is 0.872. The van der Waals surface area contributed by atoms with E-state index in [-0.39, 0.29) is 0 Å². The summed E-state index contributed by atoms with van der Waals surface area (Å²) in [4.78, 5) is 5.86. The molecule has 0 bridgehead atoms. The summed E-state index contributed by atoms with van der Waals surface area (Å²) in [5.41, 5.74) is 8.00. The minimum atomic E-state index is 0.570. The van der Waals surface area contributed by atoms with Gasteiger partial charge in [-0.1, -0.05) is 37.1 Å². The second kappa shape index (κ2) is 5.63. The molecule has 2 N–H and O–H groups in total. The van der Waals surface area contributed by atoms with Crippen molar-refractivity contribution in [3.63, 3.8) is 0 Å². The Hall–Kier alpha value is -0.900. The fraction of sp³-hybridized carbons (Fsp3) is 0.308. The molecule has 0 aliphatic rings. The Kier molecular flexibility index (Phi) is 4.15. The lowest BCUT2D eigenvalue weighted by Crippen LogP contribution is -1.97. The molecule has 90 valence electrons. The highest BCUT2D eigenvalue weighted by molar-refractivity contribution is 7.15. The molecule has 0 saturated carbocycles. The molecule has 1 heterocycles. The quantitative estimate of drug-likeness (QED) is 0.912. The van der Waals surface area contributed by atoms with Gasteiger partial charge in [0.15, 0.2) is 0 Å². The molecule has 4 heteroatoms. The summed E-state index contributed by atoms with van der Waals surface area (Å²) in [5.74, 6) is 0. The third-order valence-corrected chi connectivity index (χ3v) is 3.96. The van der Waals surface area contributed by atoms with Crippen LogP contribution in [0.4, 0.5) is 0 Å². The van der Waals surface area contributed by atoms with Crippen LogP contribution >= 0.6 is 22.9 Å². The van der Waals surface area contributed by atoms with E-state index in [1.165, 1.54) is 4.88 Å². The van der Waals surface area contributed by atoms with Gasteiger partial charge in [0.05, 0.1) is 5.69 Å². The van der Waals surface area contributed by atoms with Gasteiger partial charge in [-0.15, -0.1) is 11.3 Å². The van der Waals surface area contributed by atoms with Gasteiger partial charge in [0.25, 0.3) is 0 Å². The Morgan fingerprint density at radius 2 is 2.00 bits per heavy atom. The predicted octanol–water partition coefficient (Wildman–Crippen LogP) is 3.87. The highest BCUT2D eigenvalue weighted by Crippen LogP contribution is 2.29. The molecule has 0 fully saturated rings. The van der Waals surface area contributed by atoms with Crippen LogP contribution in [0.25, 0.3) is 10.6 Å². The number of hydrogen-bond acceptors (Lipinski definition) is 3. The Morgan fingerprint density at radius 3 is 2.59 bits per heavy atom. The number of nitrogens with two attached hydrogens (primary N) is 1. The Bertz CT molecular complexity index is 491. The van der Waals surface area contributed by atoms with Crippen LogP contribution in [0.2, 0.25) is 5.02 Å². The molecule has 0 atom stereocenters. The molecule has 17 heavy (non-hydrogen) atoms. The van der Waals surface area contributed by atoms with Crippen LogP contribution in [0.1, 0.15) is 23.9 Å². The number of hydrogen-bond donors (Lipinski definition) is 1. The minimum Gasteiger partial charge on any atom is -0.326 e. The monoisotopic (exact) mass is 266 g/mol. The Labute approximate surface area is 110 Å². The fourth-order valence-corrected chi connectivity index (χ4v) is 2.81. The zero-order valence-corrected chi connectivity index (χ0v) is 11.3. The standard InChI is InChI=1S/C13H15ClN2S/c1-2-3-11-12(8-15)17-13(16-11)9-4-6-10(14)7-5-9/h4-7H,2-3,8,15H2,1H3. The molecule has 1 aromatic heterocycles. The van der Waals surface area contributed by atoms with Crippen molar-refractivity contribution in [2.24, 2.45) is 5.73 Å². The first-order chi connectivity index (χ1) is 8.24. The largest absolute Gasteiger partial charge is 0.326 e. The van der Waals surface area contributed by atoms with E-state index in [2.05, 4.69) is 11.9 Å². The van der Waals surface area contributed by atoms with E-state index < -0.39 is 0 Å². The summed E-state index contributed by atoms with van der Waals surface area (Å²) in [6.45, 7) is 2.72. The molecule has 2 nitrogen and oxygen atoms in total. The highest BCUT2D eigenvalue weighted by Gasteiger charge is 2.10. The second-order valence-electron chi connectivity index (χ2n) is 3.85. The Morgan fingerprint density at radius 1 is 1.29 bits per heavy atom. The molecule has 0 radical (unpaired) electrons. The highest BCUT2D eigenvalue weighted by atomic mass is 35.5. The van der Waals surface area contributed by atoms with Crippen LogP contribution in [0.3, 0.4) is 0 Å². The van der Waals surface area contributed by atoms with Gasteiger partial charge < -0.3 is 5.73 Å². The lowest BCUT2D eigenvalue weighted by atomic mass is 10.2. The van der Waals surface area contributed by atoms with E-state index in [4.69, 9.17) is 17.3 Å². The number of aromatic nitrogens is 1. The fourth-order valence-electron chi connectivity index (χ4n) is 1.69. The van der Waals surface area contributed by atoms with Gasteiger partial charge in [-0.3, -0.25) is 0 Å². The topological polar surface area (TPSA) is 38.9 Å². The van der Waals surface area contributed by atoms with Crippen molar-refractivity contribution in [1.82, 2.24) is 4.98 Å². The maximum atomic E-state index is 5.88. The Balaban J connectivity index is 2.35. The normalized spacial score (nSPS) is 10.8. The molecule has 0 aliphatic heterocycles. The van der Waals surface area contributed by atoms with Gasteiger partial charge in [-0.25, -0.2) is 4.98 Å². The summed E-state index contributed by atoms with van der Waals surface area (Å²) in [6.07, 6.45) is 2.09. The van der Waals surface area contributed by atoms with Crippen LogP contribution in [0.5, 0.6) is 0 Å². The molecule has 0 amide bonds. The number of nitrogens with zero attached hydrogens (tertiary/aromatic N) is 1. The number of rotatable bonds is 4. The van der Waals surface area contributed by atoms with Crippen molar-refractivity contribution in [3.05, 3.63) is 39.9 Å². The van der Waals surface area contributed by atoms with Crippen molar-refractivity contribution in [3.8, 4) is 10.6 Å².